The molecular formula is C21H19N5O7. The topological polar surface area (TPSA) is 155 Å². The highest BCUT2D eigenvalue weighted by molar-refractivity contribution is 5.98. The number of carbonyl (C=O) groups excluding carboxylic acids is 2. The van der Waals surface area contributed by atoms with E-state index in [0.717, 1.165) is 10.7 Å². The summed E-state index contributed by atoms with van der Waals surface area (Å²) in [7, 11) is 2.86. The summed E-state index contributed by atoms with van der Waals surface area (Å²) in [6, 6.07) is 11.3. The normalized spacial score (nSPS) is 10.3. The molecule has 3 rings (SSSR count). The Morgan fingerprint density at radius 3 is 2.33 bits per heavy atom. The third-order valence-corrected chi connectivity index (χ3v) is 4.56. The monoisotopic (exact) mass is 453 g/mol. The van der Waals surface area contributed by atoms with Crippen molar-refractivity contribution in [1.82, 2.24) is 20.6 Å². The summed E-state index contributed by atoms with van der Waals surface area (Å²) in [5, 5.41) is 15.3. The average molecular weight is 453 g/mol. The molecule has 0 saturated heterocycles. The molecular weight excluding hydrogens is 434 g/mol. The first-order valence-electron chi connectivity index (χ1n) is 9.44. The van der Waals surface area contributed by atoms with E-state index in [1.165, 1.54) is 57.5 Å². The number of rotatable bonds is 6. The van der Waals surface area contributed by atoms with Crippen LogP contribution in [0.1, 0.15) is 26.5 Å². The second kappa shape index (κ2) is 9.60. The Bertz CT molecular complexity index is 1300. The van der Waals surface area contributed by atoms with Crippen molar-refractivity contribution in [3.63, 3.8) is 0 Å². The molecule has 0 aliphatic carbocycles. The molecule has 0 spiro atoms. The molecule has 33 heavy (non-hydrogen) atoms. The highest BCUT2D eigenvalue weighted by Gasteiger charge is 2.21. The molecule has 1 aromatic heterocycles. The van der Waals surface area contributed by atoms with Crippen molar-refractivity contribution in [3.05, 3.63) is 85.8 Å². The van der Waals surface area contributed by atoms with E-state index in [1.807, 2.05) is 0 Å². The maximum atomic E-state index is 12.6. The number of nitro groups is 1. The van der Waals surface area contributed by atoms with Crippen molar-refractivity contribution in [2.45, 2.75) is 6.92 Å². The summed E-state index contributed by atoms with van der Waals surface area (Å²) >= 11 is 0. The molecule has 0 bridgehead atoms. The Hall–Kier alpha value is -4.74. The van der Waals surface area contributed by atoms with Gasteiger partial charge in [-0.25, -0.2) is 4.68 Å². The quantitative estimate of drug-likeness (QED) is 0.421. The van der Waals surface area contributed by atoms with Gasteiger partial charge in [-0.05, 0) is 31.2 Å². The second-order valence-corrected chi connectivity index (χ2v) is 6.63. The zero-order valence-corrected chi connectivity index (χ0v) is 17.8. The molecule has 3 aromatic rings. The lowest BCUT2D eigenvalue weighted by atomic mass is 10.2. The van der Waals surface area contributed by atoms with Gasteiger partial charge >= 0.3 is 0 Å². The van der Waals surface area contributed by atoms with Crippen LogP contribution in [0.15, 0.2) is 53.3 Å². The van der Waals surface area contributed by atoms with Crippen molar-refractivity contribution >= 4 is 17.5 Å². The molecule has 2 N–H and O–H groups in total. The van der Waals surface area contributed by atoms with Gasteiger partial charge in [-0.2, -0.15) is 5.10 Å². The van der Waals surface area contributed by atoms with E-state index >= 15 is 0 Å². The number of hydrazine groups is 1. The minimum Gasteiger partial charge on any atom is -0.493 e. The number of ether oxygens (including phenoxy) is 2. The largest absolute Gasteiger partial charge is 0.493 e. The number of hydrogen-bond acceptors (Lipinski definition) is 8. The molecule has 0 fully saturated rings. The van der Waals surface area contributed by atoms with Crippen LogP contribution in [-0.4, -0.2) is 40.7 Å². The van der Waals surface area contributed by atoms with Crippen molar-refractivity contribution in [1.29, 1.82) is 0 Å². The Kier molecular flexibility index (Phi) is 6.67. The van der Waals surface area contributed by atoms with Crippen LogP contribution < -0.4 is 25.8 Å². The number of methoxy groups -OCH3 is 2. The fourth-order valence-corrected chi connectivity index (χ4v) is 2.97. The highest BCUT2D eigenvalue weighted by Crippen LogP contribution is 2.27. The Morgan fingerprint density at radius 2 is 1.67 bits per heavy atom. The van der Waals surface area contributed by atoms with Gasteiger partial charge in [0.2, 0.25) is 5.43 Å². The molecule has 12 heteroatoms. The van der Waals surface area contributed by atoms with Crippen LogP contribution in [0, 0.1) is 17.0 Å². The van der Waals surface area contributed by atoms with E-state index in [4.69, 9.17) is 9.47 Å². The molecule has 1 heterocycles. The van der Waals surface area contributed by atoms with E-state index in [1.54, 1.807) is 6.07 Å². The van der Waals surface area contributed by atoms with Crippen LogP contribution in [0.2, 0.25) is 0 Å². The van der Waals surface area contributed by atoms with Gasteiger partial charge in [0.05, 0.1) is 19.1 Å². The number of nitrogens with zero attached hydrogens (tertiary/aromatic N) is 3. The van der Waals surface area contributed by atoms with Crippen molar-refractivity contribution < 1.29 is 24.0 Å². The predicted molar refractivity (Wildman–Crippen MR) is 116 cm³/mol. The summed E-state index contributed by atoms with van der Waals surface area (Å²) in [4.78, 5) is 48.0. The van der Waals surface area contributed by atoms with Gasteiger partial charge in [-0.1, -0.05) is 12.1 Å². The second-order valence-electron chi connectivity index (χ2n) is 6.63. The number of para-hydroxylation sites is 2. The minimum atomic E-state index is -0.999. The highest BCUT2D eigenvalue weighted by atomic mass is 16.6. The fourth-order valence-electron chi connectivity index (χ4n) is 2.97. The first-order chi connectivity index (χ1) is 15.8. The summed E-state index contributed by atoms with van der Waals surface area (Å²) in [6.45, 7) is 1.52. The summed E-state index contributed by atoms with van der Waals surface area (Å²) < 4.78 is 11.4. The summed E-state index contributed by atoms with van der Waals surface area (Å²) in [6.07, 6.45) is 0. The molecule has 0 aliphatic rings. The van der Waals surface area contributed by atoms with Crippen LogP contribution >= 0.6 is 0 Å². The third kappa shape index (κ3) is 4.79. The number of aromatic nitrogens is 2. The van der Waals surface area contributed by atoms with E-state index in [9.17, 15) is 24.5 Å². The zero-order valence-electron chi connectivity index (χ0n) is 17.8. The maximum Gasteiger partial charge on any atom is 0.294 e. The molecule has 0 saturated carbocycles. The van der Waals surface area contributed by atoms with E-state index < -0.39 is 27.9 Å². The summed E-state index contributed by atoms with van der Waals surface area (Å²) in [5.74, 6) is -0.960. The molecule has 0 unspecified atom stereocenters. The average Bonchev–Trinajstić information content (AvgIpc) is 2.81. The lowest BCUT2D eigenvalue weighted by molar-refractivity contribution is -0.384. The van der Waals surface area contributed by atoms with Crippen LogP contribution in [0.4, 0.5) is 5.69 Å². The SMILES string of the molecule is COc1ccc(C(=O)NNC(=O)c2nn(-c3ccccc3[N+](=O)[O-])c(C)cc2=O)cc1OC. The molecule has 0 radical (unpaired) electrons. The van der Waals surface area contributed by atoms with Gasteiger partial charge in [-0.3, -0.25) is 35.3 Å². The smallest absolute Gasteiger partial charge is 0.294 e. The van der Waals surface area contributed by atoms with E-state index in [2.05, 4.69) is 16.0 Å². The van der Waals surface area contributed by atoms with Gasteiger partial charge in [-0.15, -0.1) is 0 Å². The number of nitrogens with one attached hydrogen (secondary N) is 2. The minimum absolute atomic E-state index is 0.0726. The molecule has 12 nitrogen and oxygen atoms in total. The van der Waals surface area contributed by atoms with Gasteiger partial charge in [0.1, 0.15) is 5.69 Å². The van der Waals surface area contributed by atoms with Crippen LogP contribution in [0.3, 0.4) is 0 Å². The van der Waals surface area contributed by atoms with Crippen molar-refractivity contribution in [2.75, 3.05) is 14.2 Å². The Balaban J connectivity index is 1.85. The zero-order chi connectivity index (χ0) is 24.1. The number of benzene rings is 2. The third-order valence-electron chi connectivity index (χ3n) is 4.56. The van der Waals surface area contributed by atoms with Crippen molar-refractivity contribution in [2.24, 2.45) is 0 Å². The Morgan fingerprint density at radius 1 is 1.00 bits per heavy atom. The molecule has 2 aromatic carbocycles. The van der Waals surface area contributed by atoms with Gasteiger partial charge in [0.15, 0.2) is 17.2 Å². The first-order valence-corrected chi connectivity index (χ1v) is 9.44. The number of aryl methyl sites for hydroxylation is 1. The lowest BCUT2D eigenvalue weighted by Crippen LogP contribution is -2.44. The molecule has 170 valence electrons. The fraction of sp³-hybridized carbons (Fsp3) is 0.143. The first kappa shape index (κ1) is 22.9. The van der Waals surface area contributed by atoms with Crippen molar-refractivity contribution in [3.8, 4) is 17.2 Å². The maximum absolute atomic E-state index is 12.6. The van der Waals surface area contributed by atoms with Gasteiger partial charge in [0, 0.05) is 23.4 Å². The van der Waals surface area contributed by atoms with Crippen LogP contribution in [0.5, 0.6) is 11.5 Å². The standard InChI is InChI=1S/C21H19N5O7/c1-12-10-16(27)19(24-25(12)14-6-4-5-7-15(14)26(30)31)21(29)23-22-20(28)13-8-9-17(32-2)18(11-13)33-3/h4-11H,1-3H3,(H,22,28)(H,23,29). The van der Waals surface area contributed by atoms with E-state index in [-0.39, 0.29) is 22.6 Å². The van der Waals surface area contributed by atoms with Crippen LogP contribution in [-0.2, 0) is 0 Å². The lowest BCUT2D eigenvalue weighted by Gasteiger charge is -2.12. The number of amides is 2. The number of hydrogen-bond donors (Lipinski definition) is 2. The summed E-state index contributed by atoms with van der Waals surface area (Å²) in [5.41, 5.74) is 3.27. The van der Waals surface area contributed by atoms with E-state index in [0.29, 0.717) is 11.5 Å². The molecule has 2 amide bonds. The van der Waals surface area contributed by atoms with Gasteiger partial charge < -0.3 is 9.47 Å². The molecule has 0 aliphatic heterocycles. The van der Waals surface area contributed by atoms with Gasteiger partial charge in [0.25, 0.3) is 17.5 Å². The number of nitro benzene ring substituents is 1. The Labute approximate surface area is 186 Å². The molecule has 0 atom stereocenters. The predicted octanol–water partition coefficient (Wildman–Crippen LogP) is 1.54. The number of carbonyl (C=O) groups is 2. The van der Waals surface area contributed by atoms with Crippen LogP contribution in [0.25, 0.3) is 5.69 Å².